The molecule has 0 aliphatic rings. The van der Waals surface area contributed by atoms with E-state index in [2.05, 4.69) is 4.98 Å². The predicted molar refractivity (Wildman–Crippen MR) is 122 cm³/mol. The monoisotopic (exact) mass is 432 g/mol. The zero-order chi connectivity index (χ0) is 21.8. The molecular formula is C24H20N2O4S. The lowest BCUT2D eigenvalue weighted by atomic mass is 10.1. The standard InChI is InChI=1S/C24H20N2O4S/c1-29-21-11-10-17(14-22(21)30-2)20(27)15-31-23-24(28)26(13-12-25-23)19-9-5-7-16-6-3-4-8-18(16)19/h3-14H,15H2,1-2H3. The highest BCUT2D eigenvalue weighted by atomic mass is 32.2. The van der Waals surface area contributed by atoms with Gasteiger partial charge in [-0.2, -0.15) is 0 Å². The first-order chi connectivity index (χ1) is 15.1. The van der Waals surface area contributed by atoms with Crippen molar-refractivity contribution in [3.63, 3.8) is 0 Å². The molecule has 0 aliphatic heterocycles. The molecule has 4 rings (SSSR count). The van der Waals surface area contributed by atoms with Crippen molar-refractivity contribution >= 4 is 28.3 Å². The normalized spacial score (nSPS) is 10.8. The van der Waals surface area contributed by atoms with Gasteiger partial charge in [-0.05, 0) is 29.7 Å². The van der Waals surface area contributed by atoms with Crippen LogP contribution in [0.5, 0.6) is 11.5 Å². The third kappa shape index (κ3) is 4.18. The fourth-order valence-corrected chi connectivity index (χ4v) is 4.12. The van der Waals surface area contributed by atoms with Crippen molar-refractivity contribution in [2.45, 2.75) is 5.03 Å². The largest absolute Gasteiger partial charge is 0.493 e. The quantitative estimate of drug-likeness (QED) is 0.319. The number of methoxy groups -OCH3 is 2. The fraction of sp³-hybridized carbons (Fsp3) is 0.125. The first kappa shape index (κ1) is 20.7. The number of fused-ring (bicyclic) bond motifs is 1. The highest BCUT2D eigenvalue weighted by molar-refractivity contribution is 7.99. The zero-order valence-corrected chi connectivity index (χ0v) is 17.9. The fourth-order valence-electron chi connectivity index (χ4n) is 3.33. The average molecular weight is 433 g/mol. The van der Waals surface area contributed by atoms with Gasteiger partial charge < -0.3 is 9.47 Å². The Morgan fingerprint density at radius 3 is 2.58 bits per heavy atom. The van der Waals surface area contributed by atoms with Crippen molar-refractivity contribution in [2.75, 3.05) is 20.0 Å². The first-order valence-corrected chi connectivity index (χ1v) is 10.5. The van der Waals surface area contributed by atoms with Crippen LogP contribution in [0.4, 0.5) is 0 Å². The minimum atomic E-state index is -0.260. The predicted octanol–water partition coefficient (Wildman–Crippen LogP) is 4.38. The van der Waals surface area contributed by atoms with Crippen LogP contribution in [0.25, 0.3) is 16.5 Å². The molecule has 1 aromatic heterocycles. The Labute approximate surface area is 183 Å². The summed E-state index contributed by atoms with van der Waals surface area (Å²) < 4.78 is 12.0. The summed E-state index contributed by atoms with van der Waals surface area (Å²) in [4.78, 5) is 30.0. The third-order valence-corrected chi connectivity index (χ3v) is 5.84. The molecule has 0 radical (unpaired) electrons. The van der Waals surface area contributed by atoms with Gasteiger partial charge in [-0.3, -0.25) is 14.2 Å². The number of benzene rings is 3. The molecule has 0 unspecified atom stereocenters. The van der Waals surface area contributed by atoms with Gasteiger partial charge in [0.25, 0.3) is 5.56 Å². The lowest BCUT2D eigenvalue weighted by molar-refractivity contribution is 0.102. The van der Waals surface area contributed by atoms with Gasteiger partial charge in [0.1, 0.15) is 0 Å². The molecule has 3 aromatic carbocycles. The number of hydrogen-bond donors (Lipinski definition) is 0. The smallest absolute Gasteiger partial charge is 0.287 e. The molecule has 4 aromatic rings. The molecule has 0 amide bonds. The molecule has 0 fully saturated rings. The van der Waals surface area contributed by atoms with Gasteiger partial charge in [0.2, 0.25) is 0 Å². The van der Waals surface area contributed by atoms with E-state index in [0.29, 0.717) is 17.1 Å². The number of carbonyl (C=O) groups is 1. The number of rotatable bonds is 7. The zero-order valence-electron chi connectivity index (χ0n) is 17.1. The minimum Gasteiger partial charge on any atom is -0.493 e. The van der Waals surface area contributed by atoms with Crippen molar-refractivity contribution in [1.29, 1.82) is 0 Å². The Hall–Kier alpha value is -3.58. The summed E-state index contributed by atoms with van der Waals surface area (Å²) in [6.45, 7) is 0. The molecule has 0 saturated carbocycles. The van der Waals surface area contributed by atoms with Crippen LogP contribution in [0.1, 0.15) is 10.4 Å². The number of nitrogens with zero attached hydrogens (tertiary/aromatic N) is 2. The second-order valence-corrected chi connectivity index (χ2v) is 7.65. The molecule has 0 saturated heterocycles. The van der Waals surface area contributed by atoms with Crippen LogP contribution in [0.15, 0.2) is 82.9 Å². The van der Waals surface area contributed by atoms with E-state index in [0.717, 1.165) is 28.2 Å². The lowest BCUT2D eigenvalue weighted by Gasteiger charge is -2.11. The van der Waals surface area contributed by atoms with Gasteiger partial charge >= 0.3 is 0 Å². The van der Waals surface area contributed by atoms with E-state index in [1.807, 2.05) is 42.5 Å². The Morgan fingerprint density at radius 1 is 1.00 bits per heavy atom. The first-order valence-electron chi connectivity index (χ1n) is 9.56. The van der Waals surface area contributed by atoms with E-state index in [9.17, 15) is 9.59 Å². The summed E-state index contributed by atoms with van der Waals surface area (Å²) in [6, 6.07) is 18.7. The summed E-state index contributed by atoms with van der Waals surface area (Å²) in [6.07, 6.45) is 3.22. The topological polar surface area (TPSA) is 70.4 Å². The summed E-state index contributed by atoms with van der Waals surface area (Å²) in [7, 11) is 3.06. The molecule has 0 bridgehead atoms. The summed E-state index contributed by atoms with van der Waals surface area (Å²) in [5.41, 5.74) is 0.998. The number of ether oxygens (including phenoxy) is 2. The Kier molecular flexibility index (Phi) is 6.04. The summed E-state index contributed by atoms with van der Waals surface area (Å²) >= 11 is 1.12. The van der Waals surface area contributed by atoms with Crippen molar-refractivity contribution < 1.29 is 14.3 Å². The van der Waals surface area contributed by atoms with E-state index in [1.54, 1.807) is 35.2 Å². The van der Waals surface area contributed by atoms with Gasteiger partial charge in [0, 0.05) is 23.3 Å². The van der Waals surface area contributed by atoms with Gasteiger partial charge in [-0.1, -0.05) is 48.2 Å². The number of hydrogen-bond acceptors (Lipinski definition) is 6. The van der Waals surface area contributed by atoms with Crippen LogP contribution in [-0.4, -0.2) is 35.3 Å². The maximum absolute atomic E-state index is 13.1. The molecule has 0 aliphatic carbocycles. The second-order valence-electron chi connectivity index (χ2n) is 6.69. The highest BCUT2D eigenvalue weighted by Crippen LogP contribution is 2.28. The van der Waals surface area contributed by atoms with Crippen LogP contribution in [-0.2, 0) is 0 Å². The van der Waals surface area contributed by atoms with Crippen LogP contribution >= 0.6 is 11.8 Å². The molecule has 156 valence electrons. The molecular weight excluding hydrogens is 412 g/mol. The van der Waals surface area contributed by atoms with Gasteiger partial charge in [-0.15, -0.1) is 0 Å². The van der Waals surface area contributed by atoms with E-state index in [-0.39, 0.29) is 22.1 Å². The highest BCUT2D eigenvalue weighted by Gasteiger charge is 2.14. The Bertz CT molecular complexity index is 1310. The number of aromatic nitrogens is 2. The Morgan fingerprint density at radius 2 is 1.77 bits per heavy atom. The van der Waals surface area contributed by atoms with Crippen LogP contribution in [0.3, 0.4) is 0 Å². The van der Waals surface area contributed by atoms with E-state index in [4.69, 9.17) is 9.47 Å². The summed E-state index contributed by atoms with van der Waals surface area (Å²) in [5, 5.41) is 2.28. The molecule has 0 N–H and O–H groups in total. The molecule has 31 heavy (non-hydrogen) atoms. The van der Waals surface area contributed by atoms with Crippen molar-refractivity contribution in [3.05, 3.63) is 89.0 Å². The minimum absolute atomic E-state index is 0.0806. The molecule has 0 spiro atoms. The molecule has 6 nitrogen and oxygen atoms in total. The number of thioether (sulfide) groups is 1. The number of ketones is 1. The van der Waals surface area contributed by atoms with Gasteiger partial charge in [0.15, 0.2) is 22.3 Å². The second kappa shape index (κ2) is 9.06. The van der Waals surface area contributed by atoms with Crippen molar-refractivity contribution in [2.24, 2.45) is 0 Å². The van der Waals surface area contributed by atoms with Crippen molar-refractivity contribution in [1.82, 2.24) is 9.55 Å². The Balaban J connectivity index is 1.60. The average Bonchev–Trinajstić information content (AvgIpc) is 2.82. The van der Waals surface area contributed by atoms with Gasteiger partial charge in [-0.25, -0.2) is 4.98 Å². The van der Waals surface area contributed by atoms with E-state index in [1.165, 1.54) is 14.2 Å². The van der Waals surface area contributed by atoms with Gasteiger partial charge in [0.05, 0.1) is 25.7 Å². The van der Waals surface area contributed by atoms with E-state index < -0.39 is 0 Å². The van der Waals surface area contributed by atoms with E-state index >= 15 is 0 Å². The van der Waals surface area contributed by atoms with Crippen molar-refractivity contribution in [3.8, 4) is 17.2 Å². The molecule has 1 heterocycles. The van der Waals surface area contributed by atoms with Crippen LogP contribution in [0.2, 0.25) is 0 Å². The van der Waals surface area contributed by atoms with Crippen LogP contribution < -0.4 is 15.0 Å². The molecule has 7 heteroatoms. The molecule has 0 atom stereocenters. The maximum Gasteiger partial charge on any atom is 0.287 e. The lowest BCUT2D eigenvalue weighted by Crippen LogP contribution is -2.21. The van der Waals surface area contributed by atoms with Crippen LogP contribution in [0, 0.1) is 0 Å². The summed E-state index contributed by atoms with van der Waals surface area (Å²) in [5.74, 6) is 0.980. The maximum atomic E-state index is 13.1. The number of carbonyl (C=O) groups excluding carboxylic acids is 1. The number of Topliss-reactive ketones (excluding diaryl/α,β-unsaturated/α-hetero) is 1. The third-order valence-electron chi connectivity index (χ3n) is 4.88. The SMILES string of the molecule is COc1ccc(C(=O)CSc2nccn(-c3cccc4ccccc34)c2=O)cc1OC.